The Morgan fingerprint density at radius 1 is 0.636 bits per heavy atom. The molecule has 10 heteroatoms. The van der Waals surface area contributed by atoms with Gasteiger partial charge in [0, 0.05) is 51.4 Å². The van der Waals surface area contributed by atoms with E-state index in [9.17, 15) is 10.2 Å². The molecule has 5 rings (SSSR count). The molecule has 0 spiro atoms. The average molecular weight is 707 g/mol. The van der Waals surface area contributed by atoms with E-state index < -0.39 is 17.6 Å². The highest BCUT2D eigenvalue weighted by atomic mass is 32.2. The van der Waals surface area contributed by atoms with Crippen LogP contribution < -0.4 is 9.47 Å². The summed E-state index contributed by atoms with van der Waals surface area (Å²) in [6.45, 7) is 2.83. The van der Waals surface area contributed by atoms with Gasteiger partial charge in [-0.15, -0.1) is 47.0 Å². The first-order valence-corrected chi connectivity index (χ1v) is 21.5. The highest BCUT2D eigenvalue weighted by Gasteiger charge is 2.31. The maximum atomic E-state index is 10.4. The Morgan fingerprint density at radius 3 is 1.43 bits per heavy atom. The molecule has 3 aromatic carbocycles. The van der Waals surface area contributed by atoms with E-state index in [2.05, 4.69) is 55.5 Å². The van der Waals surface area contributed by atoms with Gasteiger partial charge in [-0.25, -0.2) is 0 Å². The summed E-state index contributed by atoms with van der Waals surface area (Å²) >= 11 is 11.7. The SMILES string of the molecule is CC(c1ccccc1)(c1ccc(OCC(O)CSCC2SCCS2)cc1)c1ccc(OCC(O)CSCC2SCCS2)cc1. The molecule has 0 saturated carbocycles. The lowest BCUT2D eigenvalue weighted by atomic mass is 9.71. The van der Waals surface area contributed by atoms with E-state index in [1.165, 1.54) is 28.6 Å². The van der Waals surface area contributed by atoms with E-state index in [-0.39, 0.29) is 0 Å². The number of thioether (sulfide) groups is 6. The van der Waals surface area contributed by atoms with Crippen LogP contribution in [0.5, 0.6) is 11.5 Å². The first kappa shape index (κ1) is 34.6. The van der Waals surface area contributed by atoms with E-state index in [0.29, 0.717) is 33.9 Å². The maximum absolute atomic E-state index is 10.4. The summed E-state index contributed by atoms with van der Waals surface area (Å²) in [5.74, 6) is 10.0. The van der Waals surface area contributed by atoms with E-state index in [0.717, 1.165) is 34.1 Å². The smallest absolute Gasteiger partial charge is 0.119 e. The van der Waals surface area contributed by atoms with Gasteiger partial charge in [0.15, 0.2) is 0 Å². The average Bonchev–Trinajstić information content (AvgIpc) is 3.78. The van der Waals surface area contributed by atoms with Crippen LogP contribution in [0.15, 0.2) is 78.9 Å². The number of hydrogen-bond donors (Lipinski definition) is 2. The van der Waals surface area contributed by atoms with E-state index in [4.69, 9.17) is 9.47 Å². The number of benzene rings is 3. The normalized spacial score (nSPS) is 18.6. The summed E-state index contributed by atoms with van der Waals surface area (Å²) in [6.07, 6.45) is -0.970. The third-order valence-electron chi connectivity index (χ3n) is 7.61. The summed E-state index contributed by atoms with van der Waals surface area (Å²) in [6, 6.07) is 27.0. The Morgan fingerprint density at radius 2 is 1.02 bits per heavy atom. The molecule has 3 aromatic rings. The second-order valence-electron chi connectivity index (χ2n) is 10.9. The summed E-state index contributed by atoms with van der Waals surface area (Å²) < 4.78 is 13.3. The van der Waals surface area contributed by atoms with Crippen molar-refractivity contribution in [3.63, 3.8) is 0 Å². The Kier molecular flexibility index (Phi) is 14.2. The summed E-state index contributed by atoms with van der Waals surface area (Å²) in [5, 5.41) is 20.9. The molecule has 2 atom stereocenters. The van der Waals surface area contributed by atoms with Gasteiger partial charge >= 0.3 is 0 Å². The summed E-state index contributed by atoms with van der Waals surface area (Å²) in [7, 11) is 0. The van der Waals surface area contributed by atoms with Gasteiger partial charge < -0.3 is 19.7 Å². The van der Waals surface area contributed by atoms with Crippen molar-refractivity contribution < 1.29 is 19.7 Å². The zero-order chi connectivity index (χ0) is 30.6. The van der Waals surface area contributed by atoms with Crippen LogP contribution in [-0.4, -0.2) is 90.8 Å². The van der Waals surface area contributed by atoms with Crippen LogP contribution in [0.2, 0.25) is 0 Å². The molecule has 0 radical (unpaired) electrons. The molecule has 2 saturated heterocycles. The minimum Gasteiger partial charge on any atom is -0.491 e. The molecule has 2 N–H and O–H groups in total. The lowest BCUT2D eigenvalue weighted by molar-refractivity contribution is 0.126. The van der Waals surface area contributed by atoms with Crippen molar-refractivity contribution in [2.75, 3.05) is 59.2 Å². The molecule has 0 aliphatic carbocycles. The van der Waals surface area contributed by atoms with Gasteiger partial charge in [0.05, 0.1) is 21.4 Å². The zero-order valence-electron chi connectivity index (χ0n) is 25.0. The first-order valence-electron chi connectivity index (χ1n) is 15.0. The fraction of sp³-hybridized carbons (Fsp3) is 0.471. The zero-order valence-corrected chi connectivity index (χ0v) is 29.9. The van der Waals surface area contributed by atoms with Crippen molar-refractivity contribution in [1.82, 2.24) is 0 Å². The molecule has 0 bridgehead atoms. The van der Waals surface area contributed by atoms with Crippen molar-refractivity contribution in [2.24, 2.45) is 0 Å². The van der Waals surface area contributed by atoms with Gasteiger partial charge in [0.2, 0.25) is 0 Å². The van der Waals surface area contributed by atoms with Crippen LogP contribution in [0, 0.1) is 0 Å². The van der Waals surface area contributed by atoms with E-state index in [1.54, 1.807) is 0 Å². The predicted octanol–water partition coefficient (Wildman–Crippen LogP) is 7.60. The van der Waals surface area contributed by atoms with Crippen LogP contribution in [-0.2, 0) is 5.41 Å². The minimum absolute atomic E-state index is 0.292. The highest BCUT2D eigenvalue weighted by molar-refractivity contribution is 8.21. The Balaban J connectivity index is 1.16. The Labute approximate surface area is 288 Å². The van der Waals surface area contributed by atoms with Crippen molar-refractivity contribution in [3.05, 3.63) is 95.6 Å². The van der Waals surface area contributed by atoms with E-state index >= 15 is 0 Å². The number of rotatable bonds is 17. The van der Waals surface area contributed by atoms with E-state index in [1.807, 2.05) is 101 Å². The first-order chi connectivity index (χ1) is 21.5. The molecule has 0 amide bonds. The number of aliphatic hydroxyl groups excluding tert-OH is 2. The van der Waals surface area contributed by atoms with Crippen LogP contribution in [0.3, 0.4) is 0 Å². The third kappa shape index (κ3) is 10.1. The summed E-state index contributed by atoms with van der Waals surface area (Å²) in [5.41, 5.74) is 3.10. The van der Waals surface area contributed by atoms with Crippen LogP contribution in [0.4, 0.5) is 0 Å². The lowest BCUT2D eigenvalue weighted by Gasteiger charge is -2.32. The van der Waals surface area contributed by atoms with Gasteiger partial charge in [-0.2, -0.15) is 23.5 Å². The monoisotopic (exact) mass is 706 g/mol. The van der Waals surface area contributed by atoms with Crippen molar-refractivity contribution in [3.8, 4) is 11.5 Å². The number of ether oxygens (including phenoxy) is 2. The van der Waals surface area contributed by atoms with Crippen LogP contribution in [0.25, 0.3) is 0 Å². The topological polar surface area (TPSA) is 58.9 Å². The molecular formula is C34H42O4S6. The number of aliphatic hydroxyl groups is 2. The van der Waals surface area contributed by atoms with Crippen LogP contribution in [0.1, 0.15) is 23.6 Å². The highest BCUT2D eigenvalue weighted by Crippen LogP contribution is 2.40. The van der Waals surface area contributed by atoms with Gasteiger partial charge in [-0.3, -0.25) is 0 Å². The van der Waals surface area contributed by atoms with Gasteiger partial charge in [0.1, 0.15) is 24.7 Å². The molecule has 44 heavy (non-hydrogen) atoms. The maximum Gasteiger partial charge on any atom is 0.119 e. The lowest BCUT2D eigenvalue weighted by Crippen LogP contribution is -2.25. The molecule has 2 heterocycles. The van der Waals surface area contributed by atoms with Gasteiger partial charge in [-0.1, -0.05) is 54.6 Å². The number of hydrogen-bond acceptors (Lipinski definition) is 10. The molecule has 2 aliphatic heterocycles. The van der Waals surface area contributed by atoms with Crippen molar-refractivity contribution >= 4 is 70.6 Å². The molecule has 2 fully saturated rings. The third-order valence-corrected chi connectivity index (χ3v) is 16.9. The molecular weight excluding hydrogens is 665 g/mol. The second-order valence-corrected chi connectivity index (χ2v) is 18.9. The molecule has 0 aromatic heterocycles. The second kappa shape index (κ2) is 18.0. The molecule has 2 unspecified atom stereocenters. The minimum atomic E-state index is -0.485. The molecule has 2 aliphatic rings. The van der Waals surface area contributed by atoms with Gasteiger partial charge in [-0.05, 0) is 47.9 Å². The Bertz CT molecular complexity index is 1160. The van der Waals surface area contributed by atoms with Crippen molar-refractivity contribution in [2.45, 2.75) is 33.7 Å². The quantitative estimate of drug-likeness (QED) is 0.137. The summed E-state index contributed by atoms with van der Waals surface area (Å²) in [4.78, 5) is 0. The van der Waals surface area contributed by atoms with Gasteiger partial charge in [0.25, 0.3) is 0 Å². The fourth-order valence-electron chi connectivity index (χ4n) is 5.13. The standard InChI is InChI=1S/C34H42O4S6/c1-34(25-5-3-2-4-6-25,26-7-11-30(12-8-26)37-19-28(35)21-39-23-32-41-15-16-42-32)27-9-13-31(14-10-27)38-20-29(36)22-40-24-33-43-17-18-44-33/h2-14,28-29,32-33,35-36H,15-24H2,1H3. The van der Waals surface area contributed by atoms with Crippen molar-refractivity contribution in [1.29, 1.82) is 0 Å². The van der Waals surface area contributed by atoms with Crippen LogP contribution >= 0.6 is 70.6 Å². The predicted molar refractivity (Wildman–Crippen MR) is 200 cm³/mol. The largest absolute Gasteiger partial charge is 0.491 e. The molecule has 238 valence electrons. The fourth-order valence-corrected chi connectivity index (χ4v) is 13.7. The Hall–Kier alpha value is -0.720. The molecule has 4 nitrogen and oxygen atoms in total.